The van der Waals surface area contributed by atoms with E-state index >= 15 is 0 Å². The minimum atomic E-state index is 0.210. The number of hydrogen-bond donors (Lipinski definition) is 1. The van der Waals surface area contributed by atoms with Crippen molar-refractivity contribution >= 4 is 16.9 Å². The van der Waals surface area contributed by atoms with Gasteiger partial charge in [-0.25, -0.2) is 0 Å². The molecule has 1 saturated heterocycles. The summed E-state index contributed by atoms with van der Waals surface area (Å²) in [5, 5.41) is 4.53. The first kappa shape index (κ1) is 11.9. The van der Waals surface area contributed by atoms with Gasteiger partial charge in [0.05, 0.1) is 6.04 Å². The van der Waals surface area contributed by atoms with E-state index in [-0.39, 0.29) is 5.54 Å². The lowest BCUT2D eigenvalue weighted by molar-refractivity contribution is 0.383. The summed E-state index contributed by atoms with van der Waals surface area (Å²) in [7, 11) is 4.16. The maximum Gasteiger partial charge on any atom is 0.157 e. The molecule has 1 unspecified atom stereocenters. The Morgan fingerprint density at radius 2 is 2.21 bits per heavy atom. The first-order chi connectivity index (χ1) is 6.39. The van der Waals surface area contributed by atoms with Gasteiger partial charge in [0.15, 0.2) is 5.17 Å². The van der Waals surface area contributed by atoms with Gasteiger partial charge >= 0.3 is 0 Å². The highest BCUT2D eigenvalue weighted by molar-refractivity contribution is 8.14. The zero-order valence-corrected chi connectivity index (χ0v) is 10.6. The highest BCUT2D eigenvalue weighted by Crippen LogP contribution is 2.22. The second kappa shape index (κ2) is 4.53. The quantitative estimate of drug-likeness (QED) is 0.771. The highest BCUT2D eigenvalue weighted by Gasteiger charge is 2.27. The van der Waals surface area contributed by atoms with Gasteiger partial charge in [-0.05, 0) is 34.9 Å². The SMILES string of the molecule is CC(CN(C)C)N=C1NC(C)(C)CS1. The van der Waals surface area contributed by atoms with Crippen LogP contribution >= 0.6 is 11.8 Å². The van der Waals surface area contributed by atoms with E-state index in [0.29, 0.717) is 6.04 Å². The molecule has 1 rings (SSSR count). The minimum Gasteiger partial charge on any atom is -0.359 e. The maximum absolute atomic E-state index is 4.64. The largest absolute Gasteiger partial charge is 0.359 e. The fourth-order valence-electron chi connectivity index (χ4n) is 1.45. The van der Waals surface area contributed by atoms with Crippen LogP contribution < -0.4 is 5.32 Å². The third-order valence-electron chi connectivity index (χ3n) is 1.98. The lowest BCUT2D eigenvalue weighted by atomic mass is 10.1. The molecule has 82 valence electrons. The van der Waals surface area contributed by atoms with Crippen molar-refractivity contribution in [2.24, 2.45) is 4.99 Å². The topological polar surface area (TPSA) is 27.6 Å². The molecule has 3 nitrogen and oxygen atoms in total. The molecular weight excluding hydrogens is 194 g/mol. The Morgan fingerprint density at radius 3 is 2.64 bits per heavy atom. The molecule has 0 aromatic heterocycles. The summed E-state index contributed by atoms with van der Waals surface area (Å²) in [5.41, 5.74) is 0.210. The van der Waals surface area contributed by atoms with Crippen LogP contribution in [0.5, 0.6) is 0 Å². The molecule has 1 N–H and O–H groups in total. The second-order valence-electron chi connectivity index (χ2n) is 4.84. The van der Waals surface area contributed by atoms with Crippen LogP contribution in [-0.2, 0) is 0 Å². The number of amidine groups is 1. The standard InChI is InChI=1S/C10H21N3S/c1-8(6-13(4)5)11-9-12-10(2,3)7-14-9/h8H,6-7H2,1-5H3,(H,11,12). The molecule has 1 fully saturated rings. The molecule has 1 aliphatic heterocycles. The average molecular weight is 215 g/mol. The Bertz CT molecular complexity index is 223. The molecule has 1 aliphatic rings. The fraction of sp³-hybridized carbons (Fsp3) is 0.900. The van der Waals surface area contributed by atoms with Crippen LogP contribution in [0.15, 0.2) is 4.99 Å². The van der Waals surface area contributed by atoms with E-state index in [2.05, 4.69) is 50.1 Å². The first-order valence-electron chi connectivity index (χ1n) is 5.02. The molecule has 1 atom stereocenters. The maximum atomic E-state index is 4.64. The van der Waals surface area contributed by atoms with Crippen LogP contribution in [0.4, 0.5) is 0 Å². The molecule has 4 heteroatoms. The Hall–Kier alpha value is -0.220. The number of nitrogens with one attached hydrogen (secondary N) is 1. The van der Waals surface area contributed by atoms with Crippen molar-refractivity contribution in [3.8, 4) is 0 Å². The Balaban J connectivity index is 2.45. The predicted octanol–water partition coefficient (Wildman–Crippen LogP) is 1.41. The van der Waals surface area contributed by atoms with E-state index in [1.807, 2.05) is 11.8 Å². The van der Waals surface area contributed by atoms with Crippen LogP contribution in [0.2, 0.25) is 0 Å². The monoisotopic (exact) mass is 215 g/mol. The van der Waals surface area contributed by atoms with Gasteiger partial charge in [-0.1, -0.05) is 11.8 Å². The van der Waals surface area contributed by atoms with Gasteiger partial charge in [0.25, 0.3) is 0 Å². The molecule has 0 aromatic carbocycles. The van der Waals surface area contributed by atoms with Crippen LogP contribution in [-0.4, -0.2) is 48.0 Å². The van der Waals surface area contributed by atoms with E-state index in [0.717, 1.165) is 17.5 Å². The van der Waals surface area contributed by atoms with Crippen molar-refractivity contribution < 1.29 is 0 Å². The van der Waals surface area contributed by atoms with E-state index in [1.165, 1.54) is 0 Å². The number of aliphatic imine (C=N–C) groups is 1. The minimum absolute atomic E-state index is 0.210. The molecule has 0 radical (unpaired) electrons. The molecule has 0 amide bonds. The lowest BCUT2D eigenvalue weighted by Crippen LogP contribution is -2.37. The van der Waals surface area contributed by atoms with E-state index in [4.69, 9.17) is 0 Å². The number of rotatable bonds is 3. The predicted molar refractivity (Wildman–Crippen MR) is 65.1 cm³/mol. The van der Waals surface area contributed by atoms with Gasteiger partial charge < -0.3 is 10.2 Å². The van der Waals surface area contributed by atoms with Crippen LogP contribution in [0.25, 0.3) is 0 Å². The number of hydrogen-bond acceptors (Lipinski definition) is 3. The smallest absolute Gasteiger partial charge is 0.157 e. The molecule has 14 heavy (non-hydrogen) atoms. The van der Waals surface area contributed by atoms with E-state index < -0.39 is 0 Å². The van der Waals surface area contributed by atoms with Gasteiger partial charge in [-0.15, -0.1) is 0 Å². The summed E-state index contributed by atoms with van der Waals surface area (Å²) in [4.78, 5) is 6.80. The third-order valence-corrected chi connectivity index (χ3v) is 3.33. The summed E-state index contributed by atoms with van der Waals surface area (Å²) >= 11 is 1.83. The molecule has 0 aromatic rings. The Kier molecular flexibility index (Phi) is 3.84. The first-order valence-corrected chi connectivity index (χ1v) is 6.01. The fourth-order valence-corrected chi connectivity index (χ4v) is 2.62. The number of likely N-dealkylation sites (N-methyl/N-ethyl adjacent to an activating group) is 1. The van der Waals surface area contributed by atoms with Crippen molar-refractivity contribution in [2.45, 2.75) is 32.4 Å². The molecule has 0 saturated carbocycles. The summed E-state index contributed by atoms with van der Waals surface area (Å²) in [6, 6.07) is 0.369. The van der Waals surface area contributed by atoms with Gasteiger partial charge in [-0.3, -0.25) is 4.99 Å². The van der Waals surface area contributed by atoms with Crippen molar-refractivity contribution in [2.75, 3.05) is 26.4 Å². The van der Waals surface area contributed by atoms with E-state index in [1.54, 1.807) is 0 Å². The summed E-state index contributed by atoms with van der Waals surface area (Å²) in [6.45, 7) is 7.57. The molecular formula is C10H21N3S. The highest BCUT2D eigenvalue weighted by atomic mass is 32.2. The van der Waals surface area contributed by atoms with Crippen molar-refractivity contribution in [3.63, 3.8) is 0 Å². The lowest BCUT2D eigenvalue weighted by Gasteiger charge is -2.17. The van der Waals surface area contributed by atoms with Gasteiger partial charge in [-0.2, -0.15) is 0 Å². The molecule has 0 bridgehead atoms. The van der Waals surface area contributed by atoms with Crippen LogP contribution in [0, 0.1) is 0 Å². The van der Waals surface area contributed by atoms with E-state index in [9.17, 15) is 0 Å². The normalized spacial score (nSPS) is 25.4. The Labute approximate surface area is 91.3 Å². The van der Waals surface area contributed by atoms with Crippen molar-refractivity contribution in [1.29, 1.82) is 0 Å². The number of nitrogens with zero attached hydrogens (tertiary/aromatic N) is 2. The summed E-state index contributed by atoms with van der Waals surface area (Å²) in [6.07, 6.45) is 0. The summed E-state index contributed by atoms with van der Waals surface area (Å²) < 4.78 is 0. The van der Waals surface area contributed by atoms with Gasteiger partial charge in [0.1, 0.15) is 0 Å². The van der Waals surface area contributed by atoms with Gasteiger partial charge in [0, 0.05) is 17.8 Å². The zero-order valence-electron chi connectivity index (χ0n) is 9.79. The second-order valence-corrected chi connectivity index (χ2v) is 5.81. The third kappa shape index (κ3) is 3.88. The molecule has 1 heterocycles. The summed E-state index contributed by atoms with van der Waals surface area (Å²) in [5.74, 6) is 1.11. The van der Waals surface area contributed by atoms with Crippen LogP contribution in [0.1, 0.15) is 20.8 Å². The van der Waals surface area contributed by atoms with Crippen LogP contribution in [0.3, 0.4) is 0 Å². The van der Waals surface area contributed by atoms with Crippen molar-refractivity contribution in [1.82, 2.24) is 10.2 Å². The Morgan fingerprint density at radius 1 is 1.57 bits per heavy atom. The van der Waals surface area contributed by atoms with Gasteiger partial charge in [0.2, 0.25) is 0 Å². The van der Waals surface area contributed by atoms with Crippen molar-refractivity contribution in [3.05, 3.63) is 0 Å². The average Bonchev–Trinajstić information content (AvgIpc) is 2.27. The molecule has 0 spiro atoms. The number of thioether (sulfide) groups is 1. The molecule has 0 aliphatic carbocycles. The zero-order chi connectivity index (χ0) is 10.8.